The first kappa shape index (κ1) is 63.4. The standard InChI is InChI=1S/C54H102O12S/c1-3-5-7-9-11-13-15-17-19-21-22-23-24-25-26-27-29-31-33-35-37-39-41-43-50(56)65-47(45-64-54-53(59)52(58)51(57)48(66-54)46-67(60,61)62)44-63-49(55)42-40-38-36-34-32-30-28-20-18-16-14-12-10-8-6-4-2/h21-22,47-48,51-54,57-59H,3-20,23-46H2,1-2H3,(H,60,61,62)/b22-21-. The van der Waals surface area contributed by atoms with E-state index in [1.54, 1.807) is 0 Å². The van der Waals surface area contributed by atoms with Crippen molar-refractivity contribution in [1.82, 2.24) is 0 Å². The molecular formula is C54H102O12S. The summed E-state index contributed by atoms with van der Waals surface area (Å²) in [6.45, 7) is 3.81. The minimum atomic E-state index is -4.60. The van der Waals surface area contributed by atoms with Crippen LogP contribution in [0.25, 0.3) is 0 Å². The van der Waals surface area contributed by atoms with Crippen molar-refractivity contribution in [1.29, 1.82) is 0 Å². The van der Waals surface area contributed by atoms with Gasteiger partial charge in [-0.3, -0.25) is 14.1 Å². The van der Waals surface area contributed by atoms with E-state index in [2.05, 4.69) is 26.0 Å². The van der Waals surface area contributed by atoms with Crippen molar-refractivity contribution in [2.24, 2.45) is 0 Å². The van der Waals surface area contributed by atoms with E-state index in [9.17, 15) is 37.9 Å². The number of unbranched alkanes of at least 4 members (excludes halogenated alkanes) is 34. The molecule has 0 spiro atoms. The van der Waals surface area contributed by atoms with Crippen LogP contribution in [0.3, 0.4) is 0 Å². The van der Waals surface area contributed by atoms with E-state index in [1.165, 1.54) is 186 Å². The molecule has 1 aliphatic rings. The molecule has 1 saturated heterocycles. The Morgan fingerprint density at radius 1 is 0.493 bits per heavy atom. The van der Waals surface area contributed by atoms with E-state index in [-0.39, 0.29) is 19.4 Å². The highest BCUT2D eigenvalue weighted by atomic mass is 32.2. The lowest BCUT2D eigenvalue weighted by atomic mass is 10.00. The molecule has 0 bridgehead atoms. The van der Waals surface area contributed by atoms with Crippen LogP contribution in [0.5, 0.6) is 0 Å². The Bertz CT molecular complexity index is 1280. The number of aliphatic hydroxyl groups is 3. The molecule has 6 unspecified atom stereocenters. The van der Waals surface area contributed by atoms with E-state index in [0.717, 1.165) is 38.5 Å². The fourth-order valence-electron chi connectivity index (χ4n) is 8.79. The van der Waals surface area contributed by atoms with Gasteiger partial charge >= 0.3 is 11.9 Å². The maximum atomic E-state index is 12.9. The minimum absolute atomic E-state index is 0.169. The molecule has 1 rings (SSSR count). The number of carbonyl (C=O) groups excluding carboxylic acids is 2. The van der Waals surface area contributed by atoms with Crippen LogP contribution in [0.15, 0.2) is 12.2 Å². The fraction of sp³-hybridized carbons (Fsp3) is 0.926. The Kier molecular flexibility index (Phi) is 42.0. The van der Waals surface area contributed by atoms with Crippen LogP contribution in [-0.4, -0.2) is 96.0 Å². The molecule has 6 atom stereocenters. The number of carbonyl (C=O) groups is 2. The lowest BCUT2D eigenvalue weighted by Gasteiger charge is -2.40. The van der Waals surface area contributed by atoms with Gasteiger partial charge in [0.2, 0.25) is 0 Å². The zero-order chi connectivity index (χ0) is 49.1. The van der Waals surface area contributed by atoms with Crippen molar-refractivity contribution in [3.63, 3.8) is 0 Å². The van der Waals surface area contributed by atoms with Gasteiger partial charge < -0.3 is 34.3 Å². The number of hydrogen-bond donors (Lipinski definition) is 4. The van der Waals surface area contributed by atoms with Gasteiger partial charge in [-0.05, 0) is 38.5 Å². The van der Waals surface area contributed by atoms with E-state index in [4.69, 9.17) is 18.9 Å². The maximum Gasteiger partial charge on any atom is 0.306 e. The van der Waals surface area contributed by atoms with E-state index in [1.807, 2.05) is 0 Å². The number of ether oxygens (including phenoxy) is 4. The monoisotopic (exact) mass is 975 g/mol. The second kappa shape index (κ2) is 44.3. The highest BCUT2D eigenvalue weighted by molar-refractivity contribution is 7.85. The van der Waals surface area contributed by atoms with Gasteiger partial charge in [-0.25, -0.2) is 0 Å². The van der Waals surface area contributed by atoms with Gasteiger partial charge in [0.1, 0.15) is 36.8 Å². The predicted octanol–water partition coefficient (Wildman–Crippen LogP) is 13.0. The summed E-state index contributed by atoms with van der Waals surface area (Å²) in [6, 6.07) is 0. The second-order valence-corrected chi connectivity index (χ2v) is 21.1. The summed E-state index contributed by atoms with van der Waals surface area (Å²) in [5.41, 5.74) is 0. The number of aliphatic hydroxyl groups excluding tert-OH is 3. The van der Waals surface area contributed by atoms with Gasteiger partial charge in [0, 0.05) is 12.8 Å². The maximum absolute atomic E-state index is 12.9. The third-order valence-electron chi connectivity index (χ3n) is 13.1. The van der Waals surface area contributed by atoms with Crippen molar-refractivity contribution in [2.45, 2.75) is 301 Å². The Balaban J connectivity index is 2.31. The molecule has 0 aromatic carbocycles. The fourth-order valence-corrected chi connectivity index (χ4v) is 9.48. The Hall–Kier alpha value is -1.61. The van der Waals surface area contributed by atoms with E-state index >= 15 is 0 Å². The highest BCUT2D eigenvalue weighted by Crippen LogP contribution is 2.24. The summed E-state index contributed by atoms with van der Waals surface area (Å²) in [4.78, 5) is 25.6. The van der Waals surface area contributed by atoms with Crippen molar-refractivity contribution < 1.29 is 56.8 Å². The van der Waals surface area contributed by atoms with Gasteiger partial charge in [0.05, 0.1) is 6.61 Å². The first-order chi connectivity index (χ1) is 32.5. The van der Waals surface area contributed by atoms with Crippen molar-refractivity contribution in [2.75, 3.05) is 19.0 Å². The quantitative estimate of drug-likeness (QED) is 0.0196. The second-order valence-electron chi connectivity index (χ2n) is 19.6. The molecule has 1 heterocycles. The van der Waals surface area contributed by atoms with E-state index < -0.39 is 71.2 Å². The zero-order valence-corrected chi connectivity index (χ0v) is 43.6. The number of allylic oxidation sites excluding steroid dienone is 2. The normalized spacial score (nSPS) is 19.3. The van der Waals surface area contributed by atoms with Crippen LogP contribution in [0.4, 0.5) is 0 Å². The Morgan fingerprint density at radius 3 is 1.24 bits per heavy atom. The third kappa shape index (κ3) is 38.8. The molecule has 1 fully saturated rings. The SMILES string of the molecule is CCCCCCCCCC/C=C\CCCCCCCCCCCCCC(=O)OC(COC(=O)CCCCCCCCCCCCCCCCCC)COC1OC(CS(=O)(=O)O)C(O)C(O)C1O. The van der Waals surface area contributed by atoms with Crippen molar-refractivity contribution in [3.8, 4) is 0 Å². The average Bonchev–Trinajstić information content (AvgIpc) is 3.30. The van der Waals surface area contributed by atoms with Crippen LogP contribution in [0.2, 0.25) is 0 Å². The zero-order valence-electron chi connectivity index (χ0n) is 42.8. The Morgan fingerprint density at radius 2 is 0.851 bits per heavy atom. The summed E-state index contributed by atoms with van der Waals surface area (Å²) >= 11 is 0. The first-order valence-electron chi connectivity index (χ1n) is 27.7. The largest absolute Gasteiger partial charge is 0.462 e. The molecule has 4 N–H and O–H groups in total. The van der Waals surface area contributed by atoms with Gasteiger partial charge in [0.15, 0.2) is 12.4 Å². The van der Waals surface area contributed by atoms with Crippen LogP contribution in [0.1, 0.15) is 264 Å². The molecule has 0 radical (unpaired) electrons. The van der Waals surface area contributed by atoms with Crippen LogP contribution in [0, 0.1) is 0 Å². The molecule has 13 heteroatoms. The van der Waals surface area contributed by atoms with Crippen LogP contribution < -0.4 is 0 Å². The molecule has 12 nitrogen and oxygen atoms in total. The van der Waals surface area contributed by atoms with Gasteiger partial charge in [-0.1, -0.05) is 225 Å². The molecule has 67 heavy (non-hydrogen) atoms. The summed E-state index contributed by atoms with van der Waals surface area (Å²) in [7, 11) is -4.60. The van der Waals surface area contributed by atoms with E-state index in [0.29, 0.717) is 12.8 Å². The van der Waals surface area contributed by atoms with Gasteiger partial charge in [-0.2, -0.15) is 8.42 Å². The highest BCUT2D eigenvalue weighted by Gasteiger charge is 2.46. The average molecular weight is 975 g/mol. The molecule has 0 amide bonds. The van der Waals surface area contributed by atoms with Crippen molar-refractivity contribution >= 4 is 22.1 Å². The molecule has 0 aromatic rings. The van der Waals surface area contributed by atoms with Crippen LogP contribution >= 0.6 is 0 Å². The van der Waals surface area contributed by atoms with Gasteiger partial charge in [-0.15, -0.1) is 0 Å². The lowest BCUT2D eigenvalue weighted by Crippen LogP contribution is -2.60. The summed E-state index contributed by atoms with van der Waals surface area (Å²) in [5, 5.41) is 31.0. The lowest BCUT2D eigenvalue weighted by molar-refractivity contribution is -0.297. The summed E-state index contributed by atoms with van der Waals surface area (Å²) in [6.07, 6.45) is 41.1. The van der Waals surface area contributed by atoms with Gasteiger partial charge in [0.25, 0.3) is 10.1 Å². The molecule has 1 aliphatic heterocycles. The van der Waals surface area contributed by atoms with Crippen LogP contribution in [-0.2, 0) is 38.7 Å². The molecule has 0 aromatic heterocycles. The van der Waals surface area contributed by atoms with Crippen molar-refractivity contribution in [3.05, 3.63) is 12.2 Å². The smallest absolute Gasteiger partial charge is 0.306 e. The first-order valence-corrected chi connectivity index (χ1v) is 29.4. The number of rotatable bonds is 48. The third-order valence-corrected chi connectivity index (χ3v) is 13.8. The topological polar surface area (TPSA) is 186 Å². The molecule has 0 saturated carbocycles. The summed E-state index contributed by atoms with van der Waals surface area (Å²) < 4.78 is 54.3. The Labute approximate surface area is 409 Å². The molecule has 0 aliphatic carbocycles. The molecule has 396 valence electrons. The predicted molar refractivity (Wildman–Crippen MR) is 270 cm³/mol. The number of hydrogen-bond acceptors (Lipinski definition) is 11. The summed E-state index contributed by atoms with van der Waals surface area (Å²) in [5.74, 6) is -1.96. The number of esters is 2. The minimum Gasteiger partial charge on any atom is -0.462 e. The molecular weight excluding hydrogens is 873 g/mol.